The van der Waals surface area contributed by atoms with Gasteiger partial charge in [-0.2, -0.15) is 4.98 Å². The molecule has 4 heteroatoms. The van der Waals surface area contributed by atoms with Crippen LogP contribution in [0.25, 0.3) is 10.9 Å². The van der Waals surface area contributed by atoms with E-state index in [9.17, 15) is 0 Å². The fourth-order valence-electron chi connectivity index (χ4n) is 2.03. The van der Waals surface area contributed by atoms with Crippen molar-refractivity contribution >= 4 is 16.9 Å². The number of fused-ring (bicyclic) bond motifs is 1. The first kappa shape index (κ1) is 12.4. The molecule has 0 fully saturated rings. The Morgan fingerprint density at radius 2 is 1.85 bits per heavy atom. The number of ether oxygens (including phenoxy) is 1. The molecule has 0 amide bonds. The predicted molar refractivity (Wildman–Crippen MR) is 80.3 cm³/mol. The molecule has 0 saturated heterocycles. The van der Waals surface area contributed by atoms with Crippen LogP contribution in [0.2, 0.25) is 0 Å². The molecular weight excluding hydrogens is 250 g/mol. The van der Waals surface area contributed by atoms with Crippen molar-refractivity contribution in [2.24, 2.45) is 0 Å². The number of benzene rings is 2. The van der Waals surface area contributed by atoms with Gasteiger partial charge >= 0.3 is 0 Å². The first-order valence-corrected chi connectivity index (χ1v) is 6.45. The third-order valence-electron chi connectivity index (χ3n) is 3.00. The van der Waals surface area contributed by atoms with Gasteiger partial charge in [-0.05, 0) is 36.8 Å². The Labute approximate surface area is 117 Å². The van der Waals surface area contributed by atoms with E-state index in [-0.39, 0.29) is 0 Å². The van der Waals surface area contributed by atoms with E-state index in [1.54, 1.807) is 7.05 Å². The van der Waals surface area contributed by atoms with Crippen molar-refractivity contribution in [3.05, 3.63) is 54.1 Å². The first-order valence-electron chi connectivity index (χ1n) is 6.45. The van der Waals surface area contributed by atoms with E-state index in [0.29, 0.717) is 11.8 Å². The number of nitrogens with zero attached hydrogens (tertiary/aromatic N) is 2. The third kappa shape index (κ3) is 2.40. The van der Waals surface area contributed by atoms with Gasteiger partial charge in [0.1, 0.15) is 5.75 Å². The van der Waals surface area contributed by atoms with E-state index < -0.39 is 0 Å². The standard InChI is InChI=1S/C16H15N3O/c1-11-6-5-7-12(10-11)20-15-13-8-3-4-9-14(13)18-16(17-2)19-15/h3-10H,1-2H3,(H,17,18,19). The molecule has 0 unspecified atom stereocenters. The molecule has 0 saturated carbocycles. The average molecular weight is 265 g/mol. The van der Waals surface area contributed by atoms with Crippen molar-refractivity contribution < 1.29 is 4.74 Å². The van der Waals surface area contributed by atoms with Crippen LogP contribution in [0.4, 0.5) is 5.95 Å². The number of para-hydroxylation sites is 1. The van der Waals surface area contributed by atoms with Gasteiger partial charge < -0.3 is 10.1 Å². The zero-order valence-corrected chi connectivity index (χ0v) is 11.4. The molecule has 3 rings (SSSR count). The molecule has 3 aromatic rings. The fraction of sp³-hybridized carbons (Fsp3) is 0.125. The van der Waals surface area contributed by atoms with Gasteiger partial charge in [-0.25, -0.2) is 4.98 Å². The van der Waals surface area contributed by atoms with Gasteiger partial charge in [0.2, 0.25) is 11.8 Å². The molecule has 1 N–H and O–H groups in total. The lowest BCUT2D eigenvalue weighted by Crippen LogP contribution is -1.99. The molecule has 4 nitrogen and oxygen atoms in total. The fourth-order valence-corrected chi connectivity index (χ4v) is 2.03. The molecule has 100 valence electrons. The van der Waals surface area contributed by atoms with Gasteiger partial charge in [0.05, 0.1) is 10.9 Å². The van der Waals surface area contributed by atoms with Gasteiger partial charge in [0.15, 0.2) is 0 Å². The summed E-state index contributed by atoms with van der Waals surface area (Å²) >= 11 is 0. The maximum atomic E-state index is 5.92. The van der Waals surface area contributed by atoms with Crippen molar-refractivity contribution in [3.63, 3.8) is 0 Å². The molecule has 1 heterocycles. The van der Waals surface area contributed by atoms with Crippen LogP contribution in [0, 0.1) is 6.92 Å². The summed E-state index contributed by atoms with van der Waals surface area (Å²) in [5.74, 6) is 1.88. The number of anilines is 1. The van der Waals surface area contributed by atoms with Crippen LogP contribution < -0.4 is 10.1 Å². The topological polar surface area (TPSA) is 47.0 Å². The summed E-state index contributed by atoms with van der Waals surface area (Å²) in [6, 6.07) is 15.7. The second-order valence-corrected chi connectivity index (χ2v) is 4.54. The van der Waals surface area contributed by atoms with Crippen molar-refractivity contribution in [1.82, 2.24) is 9.97 Å². The van der Waals surface area contributed by atoms with E-state index in [1.807, 2.05) is 55.5 Å². The minimum Gasteiger partial charge on any atom is -0.438 e. The highest BCUT2D eigenvalue weighted by Gasteiger charge is 2.08. The average Bonchev–Trinajstić information content (AvgIpc) is 2.47. The second kappa shape index (κ2) is 5.17. The van der Waals surface area contributed by atoms with Crippen LogP contribution >= 0.6 is 0 Å². The van der Waals surface area contributed by atoms with Gasteiger partial charge in [0.25, 0.3) is 0 Å². The minimum atomic E-state index is 0.548. The largest absolute Gasteiger partial charge is 0.438 e. The van der Waals surface area contributed by atoms with Gasteiger partial charge in [-0.3, -0.25) is 0 Å². The Balaban J connectivity index is 2.10. The quantitative estimate of drug-likeness (QED) is 0.783. The van der Waals surface area contributed by atoms with Gasteiger partial charge in [0, 0.05) is 7.05 Å². The molecule has 0 spiro atoms. The van der Waals surface area contributed by atoms with Crippen molar-refractivity contribution in [2.75, 3.05) is 12.4 Å². The summed E-state index contributed by atoms with van der Waals surface area (Å²) in [7, 11) is 1.79. The van der Waals surface area contributed by atoms with Crippen molar-refractivity contribution in [1.29, 1.82) is 0 Å². The normalized spacial score (nSPS) is 10.5. The Morgan fingerprint density at radius 3 is 2.65 bits per heavy atom. The molecule has 0 aliphatic heterocycles. The van der Waals surface area contributed by atoms with Crippen LogP contribution in [0.1, 0.15) is 5.56 Å². The van der Waals surface area contributed by atoms with Crippen LogP contribution in [0.5, 0.6) is 11.6 Å². The molecule has 0 radical (unpaired) electrons. The molecule has 0 aliphatic carbocycles. The highest BCUT2D eigenvalue weighted by atomic mass is 16.5. The SMILES string of the molecule is CNc1nc(Oc2cccc(C)c2)c2ccccc2n1. The van der Waals surface area contributed by atoms with E-state index in [0.717, 1.165) is 22.2 Å². The van der Waals surface area contributed by atoms with Crippen LogP contribution in [-0.4, -0.2) is 17.0 Å². The monoisotopic (exact) mass is 265 g/mol. The van der Waals surface area contributed by atoms with E-state index in [4.69, 9.17) is 4.74 Å². The van der Waals surface area contributed by atoms with Crippen molar-refractivity contribution in [3.8, 4) is 11.6 Å². The van der Waals surface area contributed by atoms with Gasteiger partial charge in [-0.15, -0.1) is 0 Å². The van der Waals surface area contributed by atoms with Crippen molar-refractivity contribution in [2.45, 2.75) is 6.92 Å². The van der Waals surface area contributed by atoms with E-state index in [1.165, 1.54) is 0 Å². The third-order valence-corrected chi connectivity index (χ3v) is 3.00. The summed E-state index contributed by atoms with van der Waals surface area (Å²) in [5, 5.41) is 3.85. The molecule has 0 bridgehead atoms. The number of rotatable bonds is 3. The first-order chi connectivity index (χ1) is 9.76. The number of aromatic nitrogens is 2. The van der Waals surface area contributed by atoms with Crippen LogP contribution in [0.15, 0.2) is 48.5 Å². The van der Waals surface area contributed by atoms with Crippen LogP contribution in [-0.2, 0) is 0 Å². The molecule has 1 aromatic heterocycles. The highest BCUT2D eigenvalue weighted by molar-refractivity contribution is 5.84. The number of hydrogen-bond donors (Lipinski definition) is 1. The molecule has 20 heavy (non-hydrogen) atoms. The summed E-state index contributed by atoms with van der Waals surface area (Å²) < 4.78 is 5.92. The van der Waals surface area contributed by atoms with E-state index >= 15 is 0 Å². The second-order valence-electron chi connectivity index (χ2n) is 4.54. The van der Waals surface area contributed by atoms with Gasteiger partial charge in [-0.1, -0.05) is 24.3 Å². The smallest absolute Gasteiger partial charge is 0.231 e. The lowest BCUT2D eigenvalue weighted by Gasteiger charge is -2.10. The minimum absolute atomic E-state index is 0.548. The number of aryl methyl sites for hydroxylation is 1. The Morgan fingerprint density at radius 1 is 1.00 bits per heavy atom. The van der Waals surface area contributed by atoms with Crippen LogP contribution in [0.3, 0.4) is 0 Å². The van der Waals surface area contributed by atoms with E-state index in [2.05, 4.69) is 15.3 Å². The highest BCUT2D eigenvalue weighted by Crippen LogP contribution is 2.28. The maximum absolute atomic E-state index is 5.92. The summed E-state index contributed by atoms with van der Waals surface area (Å²) in [6.45, 7) is 2.03. The predicted octanol–water partition coefficient (Wildman–Crippen LogP) is 3.77. The molecular formula is C16H15N3O. The lowest BCUT2D eigenvalue weighted by molar-refractivity contribution is 0.468. The lowest BCUT2D eigenvalue weighted by atomic mass is 10.2. The Bertz CT molecular complexity index is 756. The summed E-state index contributed by atoms with van der Waals surface area (Å²) in [5.41, 5.74) is 2.00. The molecule has 0 aliphatic rings. The molecule has 2 aromatic carbocycles. The Kier molecular flexibility index (Phi) is 3.21. The number of hydrogen-bond acceptors (Lipinski definition) is 4. The number of nitrogens with one attached hydrogen (secondary N) is 1. The molecule has 0 atom stereocenters. The Hall–Kier alpha value is -2.62. The maximum Gasteiger partial charge on any atom is 0.231 e. The zero-order chi connectivity index (χ0) is 13.9. The zero-order valence-electron chi connectivity index (χ0n) is 11.4. The summed E-state index contributed by atoms with van der Waals surface area (Å²) in [4.78, 5) is 8.81. The summed E-state index contributed by atoms with van der Waals surface area (Å²) in [6.07, 6.45) is 0.